The highest BCUT2D eigenvalue weighted by Crippen LogP contribution is 2.68. The molecule has 0 aliphatic carbocycles. The molecule has 3 aliphatic rings. The number of likely N-dealkylation sites (tertiary alicyclic amines) is 1. The van der Waals surface area contributed by atoms with Crippen LogP contribution in [0.4, 0.5) is 11.4 Å². The second-order valence-electron chi connectivity index (χ2n) is 11.7. The van der Waals surface area contributed by atoms with Gasteiger partial charge in [-0.3, -0.25) is 14.4 Å². The average Bonchev–Trinajstić information content (AvgIpc) is 3.59. The van der Waals surface area contributed by atoms with Crippen LogP contribution in [0.3, 0.4) is 0 Å². The van der Waals surface area contributed by atoms with Crippen LogP contribution in [0.1, 0.15) is 20.3 Å². The number of carbonyl (C=O) groups excluding carboxylic acids is 3. The molecule has 7 atom stereocenters. The maximum Gasteiger partial charge on any atom is 0.251 e. The summed E-state index contributed by atoms with van der Waals surface area (Å²) in [5.74, 6) is -2.18. The summed E-state index contributed by atoms with van der Waals surface area (Å²) in [5, 5.41) is 10.9. The van der Waals surface area contributed by atoms with Crippen LogP contribution in [-0.2, 0) is 14.4 Å². The van der Waals surface area contributed by atoms with Crippen LogP contribution in [0.15, 0.2) is 79.9 Å². The van der Waals surface area contributed by atoms with E-state index in [0.29, 0.717) is 23.7 Å². The van der Waals surface area contributed by atoms with Crippen LogP contribution < -0.4 is 9.80 Å². The molecular formula is C33H37BrClN3O4S. The van der Waals surface area contributed by atoms with Crippen molar-refractivity contribution in [3.8, 4) is 0 Å². The van der Waals surface area contributed by atoms with Gasteiger partial charge in [-0.15, -0.1) is 24.9 Å². The second-order valence-corrected chi connectivity index (χ2v) is 14.8. The molecule has 0 radical (unpaired) electrons. The zero-order valence-electron chi connectivity index (χ0n) is 24.3. The van der Waals surface area contributed by atoms with Gasteiger partial charge in [0.25, 0.3) is 5.91 Å². The zero-order valence-corrected chi connectivity index (χ0v) is 27.5. The third-order valence-corrected chi connectivity index (χ3v) is 12.4. The van der Waals surface area contributed by atoms with Crippen molar-refractivity contribution in [2.75, 3.05) is 29.5 Å². The SMILES string of the molecule is C=CCN(C(=O)C1N([C@@H](CO)C(C)C)C(=O)[C@@H]2[C@H](C(=O)N(CC=C)c3ccccc3)[C@H]3SC12CC3Br)c1ccc(Cl)cc1. The lowest BCUT2D eigenvalue weighted by Gasteiger charge is -2.41. The average molecular weight is 687 g/mol. The third kappa shape index (κ3) is 5.36. The summed E-state index contributed by atoms with van der Waals surface area (Å²) in [6, 6.07) is 14.9. The summed E-state index contributed by atoms with van der Waals surface area (Å²) in [7, 11) is 0. The molecule has 228 valence electrons. The van der Waals surface area contributed by atoms with Crippen molar-refractivity contribution in [2.45, 2.75) is 47.2 Å². The van der Waals surface area contributed by atoms with Crippen molar-refractivity contribution in [2.24, 2.45) is 17.8 Å². The highest BCUT2D eigenvalue weighted by Gasteiger charge is 2.76. The molecule has 0 saturated carbocycles. The van der Waals surface area contributed by atoms with Gasteiger partial charge in [-0.25, -0.2) is 0 Å². The monoisotopic (exact) mass is 685 g/mol. The van der Waals surface area contributed by atoms with E-state index < -0.39 is 28.7 Å². The topological polar surface area (TPSA) is 81.2 Å². The number of rotatable bonds is 11. The van der Waals surface area contributed by atoms with Crippen molar-refractivity contribution >= 4 is 68.4 Å². The second kappa shape index (κ2) is 12.8. The number of thioether (sulfide) groups is 1. The predicted molar refractivity (Wildman–Crippen MR) is 178 cm³/mol. The summed E-state index contributed by atoms with van der Waals surface area (Å²) in [6.07, 6.45) is 3.88. The van der Waals surface area contributed by atoms with Crippen molar-refractivity contribution in [1.82, 2.24) is 4.90 Å². The van der Waals surface area contributed by atoms with E-state index in [0.717, 1.165) is 5.69 Å². The quantitative estimate of drug-likeness (QED) is 0.248. The van der Waals surface area contributed by atoms with E-state index in [2.05, 4.69) is 29.1 Å². The molecule has 3 heterocycles. The molecule has 2 aromatic carbocycles. The highest BCUT2D eigenvalue weighted by molar-refractivity contribution is 9.09. The fourth-order valence-electron chi connectivity index (χ4n) is 7.07. The van der Waals surface area contributed by atoms with E-state index in [9.17, 15) is 19.5 Å². The van der Waals surface area contributed by atoms with E-state index in [1.165, 1.54) is 0 Å². The van der Waals surface area contributed by atoms with Gasteiger partial charge in [-0.1, -0.05) is 71.7 Å². The first kappa shape index (κ1) is 31.8. The van der Waals surface area contributed by atoms with Gasteiger partial charge in [0, 0.05) is 39.6 Å². The smallest absolute Gasteiger partial charge is 0.251 e. The molecule has 0 aromatic heterocycles. The maximum atomic E-state index is 14.8. The molecule has 3 aliphatic heterocycles. The first-order valence-electron chi connectivity index (χ1n) is 14.5. The zero-order chi connectivity index (χ0) is 31.1. The van der Waals surface area contributed by atoms with E-state index in [-0.39, 0.29) is 46.9 Å². The van der Waals surface area contributed by atoms with Crippen LogP contribution in [0, 0.1) is 17.8 Å². The molecule has 3 unspecified atom stereocenters. The van der Waals surface area contributed by atoms with Crippen LogP contribution in [-0.4, -0.2) is 74.3 Å². The lowest BCUT2D eigenvalue weighted by atomic mass is 9.70. The first-order valence-corrected chi connectivity index (χ1v) is 16.7. The van der Waals surface area contributed by atoms with Crippen molar-refractivity contribution < 1.29 is 19.5 Å². The van der Waals surface area contributed by atoms with Gasteiger partial charge in [-0.2, -0.15) is 0 Å². The minimum atomic E-state index is -0.891. The van der Waals surface area contributed by atoms with Gasteiger partial charge in [0.1, 0.15) is 6.04 Å². The number of para-hydroxylation sites is 1. The number of amides is 3. The summed E-state index contributed by atoms with van der Waals surface area (Å²) < 4.78 is -0.863. The fourth-order valence-corrected chi connectivity index (χ4v) is 10.8. The summed E-state index contributed by atoms with van der Waals surface area (Å²) in [4.78, 5) is 48.8. The van der Waals surface area contributed by atoms with E-state index >= 15 is 0 Å². The largest absolute Gasteiger partial charge is 0.394 e. The Morgan fingerprint density at radius 2 is 1.65 bits per heavy atom. The van der Waals surface area contributed by atoms with Gasteiger partial charge in [0.2, 0.25) is 11.8 Å². The molecule has 2 bridgehead atoms. The van der Waals surface area contributed by atoms with Gasteiger partial charge >= 0.3 is 0 Å². The summed E-state index contributed by atoms with van der Waals surface area (Å²) >= 11 is 11.6. The summed E-state index contributed by atoms with van der Waals surface area (Å²) in [6.45, 7) is 11.8. The Morgan fingerprint density at radius 1 is 1.07 bits per heavy atom. The molecule has 7 nitrogen and oxygen atoms in total. The lowest BCUT2D eigenvalue weighted by Crippen LogP contribution is -2.59. The van der Waals surface area contributed by atoms with E-state index in [1.54, 1.807) is 62.9 Å². The Kier molecular flexibility index (Phi) is 9.47. The fraction of sp³-hybridized carbons (Fsp3) is 0.424. The normalized spacial score (nSPS) is 28.1. The van der Waals surface area contributed by atoms with Crippen LogP contribution >= 0.6 is 39.3 Å². The Labute approximate surface area is 271 Å². The molecule has 3 saturated heterocycles. The molecule has 5 rings (SSSR count). The Bertz CT molecular complexity index is 1390. The third-order valence-electron chi connectivity index (χ3n) is 8.92. The minimum absolute atomic E-state index is 0.0814. The molecule has 1 spiro atoms. The lowest BCUT2D eigenvalue weighted by molar-refractivity contribution is -0.142. The van der Waals surface area contributed by atoms with E-state index in [1.807, 2.05) is 44.2 Å². The number of fused-ring (bicyclic) bond motifs is 1. The number of hydrogen-bond donors (Lipinski definition) is 1. The molecule has 10 heteroatoms. The number of nitrogens with zero attached hydrogens (tertiary/aromatic N) is 3. The first-order chi connectivity index (χ1) is 20.6. The minimum Gasteiger partial charge on any atom is -0.394 e. The van der Waals surface area contributed by atoms with Crippen LogP contribution in [0.25, 0.3) is 0 Å². The molecule has 1 N–H and O–H groups in total. The van der Waals surface area contributed by atoms with Crippen molar-refractivity contribution in [1.29, 1.82) is 0 Å². The van der Waals surface area contributed by atoms with Gasteiger partial charge in [0.15, 0.2) is 0 Å². The van der Waals surface area contributed by atoms with Crippen LogP contribution in [0.2, 0.25) is 5.02 Å². The Hall–Kier alpha value is -2.59. The Balaban J connectivity index is 1.63. The predicted octanol–water partition coefficient (Wildman–Crippen LogP) is 5.56. The Morgan fingerprint density at radius 3 is 2.21 bits per heavy atom. The maximum absolute atomic E-state index is 14.8. The van der Waals surface area contributed by atoms with Gasteiger partial charge in [0.05, 0.1) is 29.2 Å². The number of carbonyl (C=O) groups is 3. The number of alkyl halides is 1. The van der Waals surface area contributed by atoms with Crippen molar-refractivity contribution in [3.05, 3.63) is 84.9 Å². The molecule has 2 aromatic rings. The summed E-state index contributed by atoms with van der Waals surface area (Å²) in [5.41, 5.74) is 1.36. The highest BCUT2D eigenvalue weighted by atomic mass is 79.9. The molecule has 3 fully saturated rings. The molecular weight excluding hydrogens is 650 g/mol. The number of aliphatic hydroxyl groups is 1. The number of anilines is 2. The number of hydrogen-bond acceptors (Lipinski definition) is 5. The van der Waals surface area contributed by atoms with E-state index in [4.69, 9.17) is 11.6 Å². The van der Waals surface area contributed by atoms with Gasteiger partial charge < -0.3 is 19.8 Å². The van der Waals surface area contributed by atoms with Crippen molar-refractivity contribution in [3.63, 3.8) is 0 Å². The standard InChI is InChI=1S/C33H37BrClN3O4S/c1-5-16-36(22-10-8-7-9-11-22)30(40)26-27-31(41)38(25(19-39)20(3)4)29(33(27)18-24(34)28(26)43-33)32(42)37(17-6-2)23-14-12-21(35)13-15-23/h5-15,20,24-29,39H,1-2,16-19H2,3-4H3/t24?,25-,26-,27-,28-,29?,33?/m0/s1. The molecule has 43 heavy (non-hydrogen) atoms. The molecule has 3 amide bonds. The van der Waals surface area contributed by atoms with Gasteiger partial charge in [-0.05, 0) is 48.7 Å². The number of benzene rings is 2. The number of aliphatic hydroxyl groups excluding tert-OH is 1. The van der Waals surface area contributed by atoms with Crippen LogP contribution in [0.5, 0.6) is 0 Å². The number of halogens is 2.